The van der Waals surface area contributed by atoms with Crippen LogP contribution >= 0.6 is 0 Å². The monoisotopic (exact) mass is 182 g/mol. The van der Waals surface area contributed by atoms with Gasteiger partial charge in [0.05, 0.1) is 5.60 Å². The van der Waals surface area contributed by atoms with Gasteiger partial charge >= 0.3 is 0 Å². The van der Waals surface area contributed by atoms with E-state index in [0.29, 0.717) is 5.92 Å². The Hall–Kier alpha value is -0.0400. The van der Waals surface area contributed by atoms with Crippen molar-refractivity contribution in [3.63, 3.8) is 0 Å². The Balaban J connectivity index is 2.06. The second kappa shape index (κ2) is 2.98. The molecular formula is C12H22O. The molecule has 0 radical (unpaired) electrons. The molecule has 2 unspecified atom stereocenters. The molecule has 0 amide bonds. The number of hydrogen-bond acceptors (Lipinski definition) is 1. The lowest BCUT2D eigenvalue weighted by Crippen LogP contribution is -2.37. The molecule has 2 rings (SSSR count). The molecule has 2 aliphatic rings. The zero-order chi connectivity index (χ0) is 9.53. The van der Waals surface area contributed by atoms with Crippen LogP contribution in [0.2, 0.25) is 0 Å². The van der Waals surface area contributed by atoms with Crippen molar-refractivity contribution < 1.29 is 5.11 Å². The summed E-state index contributed by atoms with van der Waals surface area (Å²) < 4.78 is 0. The number of hydrogen-bond donors (Lipinski definition) is 1. The van der Waals surface area contributed by atoms with Crippen LogP contribution in [0.4, 0.5) is 0 Å². The Kier molecular flexibility index (Phi) is 2.18. The minimum atomic E-state index is -0.276. The van der Waals surface area contributed by atoms with Crippen LogP contribution in [0.5, 0.6) is 0 Å². The van der Waals surface area contributed by atoms with E-state index in [4.69, 9.17) is 0 Å². The van der Waals surface area contributed by atoms with Crippen LogP contribution in [0, 0.1) is 11.3 Å². The van der Waals surface area contributed by atoms with E-state index < -0.39 is 0 Å². The fourth-order valence-electron chi connectivity index (χ4n) is 3.30. The molecule has 2 saturated carbocycles. The van der Waals surface area contributed by atoms with Crippen LogP contribution in [0.15, 0.2) is 0 Å². The van der Waals surface area contributed by atoms with Crippen LogP contribution < -0.4 is 0 Å². The maximum absolute atomic E-state index is 10.5. The minimum absolute atomic E-state index is 0.256. The molecule has 0 heterocycles. The first kappa shape index (κ1) is 9.51. The van der Waals surface area contributed by atoms with E-state index in [1.54, 1.807) is 0 Å². The predicted molar refractivity (Wildman–Crippen MR) is 54.5 cm³/mol. The third-order valence-electron chi connectivity index (χ3n) is 4.57. The summed E-state index contributed by atoms with van der Waals surface area (Å²) in [6.07, 6.45) is 8.76. The summed E-state index contributed by atoms with van der Waals surface area (Å²) in [6, 6.07) is 0. The average molecular weight is 182 g/mol. The van der Waals surface area contributed by atoms with Crippen LogP contribution in [0.25, 0.3) is 0 Å². The lowest BCUT2D eigenvalue weighted by atomic mass is 9.69. The van der Waals surface area contributed by atoms with Crippen molar-refractivity contribution in [1.29, 1.82) is 0 Å². The predicted octanol–water partition coefficient (Wildman–Crippen LogP) is 3.12. The van der Waals surface area contributed by atoms with Crippen LogP contribution in [-0.2, 0) is 0 Å². The maximum Gasteiger partial charge on any atom is 0.0733 e. The fraction of sp³-hybridized carbons (Fsp3) is 1.00. The minimum Gasteiger partial charge on any atom is -0.389 e. The van der Waals surface area contributed by atoms with E-state index in [2.05, 4.69) is 13.8 Å². The van der Waals surface area contributed by atoms with Crippen LogP contribution in [0.3, 0.4) is 0 Å². The normalized spacial score (nSPS) is 43.2. The van der Waals surface area contributed by atoms with Crippen molar-refractivity contribution in [2.24, 2.45) is 11.3 Å². The van der Waals surface area contributed by atoms with E-state index in [9.17, 15) is 5.11 Å². The summed E-state index contributed by atoms with van der Waals surface area (Å²) in [4.78, 5) is 0. The maximum atomic E-state index is 10.5. The van der Waals surface area contributed by atoms with Crippen molar-refractivity contribution in [3.8, 4) is 0 Å². The Morgan fingerprint density at radius 1 is 1.23 bits per heavy atom. The van der Waals surface area contributed by atoms with Gasteiger partial charge in [0, 0.05) is 0 Å². The molecule has 76 valence electrons. The highest BCUT2D eigenvalue weighted by Gasteiger charge is 2.62. The van der Waals surface area contributed by atoms with Crippen molar-refractivity contribution in [1.82, 2.24) is 0 Å². The first-order chi connectivity index (χ1) is 6.12. The lowest BCUT2D eigenvalue weighted by molar-refractivity contribution is -0.0262. The molecule has 0 aliphatic heterocycles. The molecule has 0 aromatic heterocycles. The molecule has 1 nitrogen and oxygen atoms in total. The number of aliphatic hydroxyl groups is 1. The van der Waals surface area contributed by atoms with E-state index in [1.807, 2.05) is 0 Å². The van der Waals surface area contributed by atoms with E-state index in [-0.39, 0.29) is 11.0 Å². The topological polar surface area (TPSA) is 20.2 Å². The van der Waals surface area contributed by atoms with E-state index >= 15 is 0 Å². The molecule has 0 aromatic rings. The van der Waals surface area contributed by atoms with Crippen LogP contribution in [0.1, 0.15) is 58.8 Å². The Morgan fingerprint density at radius 2 is 1.85 bits per heavy atom. The van der Waals surface area contributed by atoms with Gasteiger partial charge in [-0.2, -0.15) is 0 Å². The SMILES string of the molecule is CCC1CC1(O)C1(C)CCCCC1. The molecule has 2 fully saturated rings. The molecule has 1 heteroatoms. The highest BCUT2D eigenvalue weighted by Crippen LogP contribution is 2.61. The molecule has 1 N–H and O–H groups in total. The molecule has 0 aromatic carbocycles. The second-order valence-corrected chi connectivity index (χ2v) is 5.35. The van der Waals surface area contributed by atoms with Gasteiger partial charge in [0.15, 0.2) is 0 Å². The van der Waals surface area contributed by atoms with Gasteiger partial charge in [-0.25, -0.2) is 0 Å². The van der Waals surface area contributed by atoms with Gasteiger partial charge in [-0.3, -0.25) is 0 Å². The smallest absolute Gasteiger partial charge is 0.0733 e. The van der Waals surface area contributed by atoms with Crippen molar-refractivity contribution in [3.05, 3.63) is 0 Å². The lowest BCUT2D eigenvalue weighted by Gasteiger charge is -2.39. The fourth-order valence-corrected chi connectivity index (χ4v) is 3.30. The molecule has 0 saturated heterocycles. The van der Waals surface area contributed by atoms with Gasteiger partial charge in [0.2, 0.25) is 0 Å². The van der Waals surface area contributed by atoms with E-state index in [1.165, 1.54) is 32.1 Å². The third kappa shape index (κ3) is 1.32. The zero-order valence-electron chi connectivity index (χ0n) is 8.97. The van der Waals surface area contributed by atoms with Crippen molar-refractivity contribution in [2.75, 3.05) is 0 Å². The Morgan fingerprint density at radius 3 is 2.31 bits per heavy atom. The van der Waals surface area contributed by atoms with Crippen molar-refractivity contribution >= 4 is 0 Å². The molecule has 0 spiro atoms. The molecular weight excluding hydrogens is 160 g/mol. The quantitative estimate of drug-likeness (QED) is 0.695. The summed E-state index contributed by atoms with van der Waals surface area (Å²) in [7, 11) is 0. The Bertz CT molecular complexity index is 193. The summed E-state index contributed by atoms with van der Waals surface area (Å²) in [5, 5.41) is 10.5. The highest BCUT2D eigenvalue weighted by atomic mass is 16.3. The van der Waals surface area contributed by atoms with Crippen molar-refractivity contribution in [2.45, 2.75) is 64.4 Å². The second-order valence-electron chi connectivity index (χ2n) is 5.35. The first-order valence-electron chi connectivity index (χ1n) is 5.85. The van der Waals surface area contributed by atoms with Gasteiger partial charge in [0.1, 0.15) is 0 Å². The number of rotatable bonds is 2. The Labute approximate surface area is 81.5 Å². The van der Waals surface area contributed by atoms with Gasteiger partial charge in [-0.05, 0) is 30.6 Å². The molecule has 2 aliphatic carbocycles. The first-order valence-corrected chi connectivity index (χ1v) is 5.85. The van der Waals surface area contributed by atoms with Gasteiger partial charge in [-0.1, -0.05) is 39.5 Å². The molecule has 0 bridgehead atoms. The standard InChI is InChI=1S/C12H22O/c1-3-10-9-12(10,13)11(2)7-5-4-6-8-11/h10,13H,3-9H2,1-2H3. The average Bonchev–Trinajstić information content (AvgIpc) is 2.81. The van der Waals surface area contributed by atoms with E-state index in [0.717, 1.165) is 12.8 Å². The molecule has 2 atom stereocenters. The van der Waals surface area contributed by atoms with Gasteiger partial charge in [-0.15, -0.1) is 0 Å². The summed E-state index contributed by atoms with van der Waals surface area (Å²) in [6.45, 7) is 4.51. The zero-order valence-corrected chi connectivity index (χ0v) is 8.97. The third-order valence-corrected chi connectivity index (χ3v) is 4.57. The summed E-state index contributed by atoms with van der Waals surface area (Å²) in [5.41, 5.74) is -0.0197. The van der Waals surface area contributed by atoms with Gasteiger partial charge in [0.25, 0.3) is 0 Å². The molecule has 13 heavy (non-hydrogen) atoms. The largest absolute Gasteiger partial charge is 0.389 e. The highest BCUT2D eigenvalue weighted by molar-refractivity contribution is 5.13. The van der Waals surface area contributed by atoms with Gasteiger partial charge < -0.3 is 5.11 Å². The summed E-state index contributed by atoms with van der Waals surface area (Å²) in [5.74, 6) is 0.607. The van der Waals surface area contributed by atoms with Crippen LogP contribution in [-0.4, -0.2) is 10.7 Å². The summed E-state index contributed by atoms with van der Waals surface area (Å²) >= 11 is 0.